The van der Waals surface area contributed by atoms with Crippen LogP contribution in [0.4, 0.5) is 5.69 Å². The molecule has 0 amide bonds. The van der Waals surface area contributed by atoms with Crippen molar-refractivity contribution in [3.63, 3.8) is 0 Å². The van der Waals surface area contributed by atoms with Gasteiger partial charge in [0.05, 0.1) is 22.6 Å². The fourth-order valence-electron chi connectivity index (χ4n) is 2.14. The van der Waals surface area contributed by atoms with Gasteiger partial charge >= 0.3 is 0 Å². The van der Waals surface area contributed by atoms with E-state index in [1.165, 1.54) is 29.2 Å². The molecule has 0 N–H and O–H groups in total. The summed E-state index contributed by atoms with van der Waals surface area (Å²) in [5.41, 5.74) is 1.31. The summed E-state index contributed by atoms with van der Waals surface area (Å²) >= 11 is 0. The van der Waals surface area contributed by atoms with Gasteiger partial charge in [0.15, 0.2) is 5.69 Å². The standard InChI is InChI=1S/C16H12N4O4/c1-11-16(15(21)9-8-14-3-2-10-24-14)17-18-19(11)12-4-6-13(7-5-12)20(22)23/h2-10H,1H3/b9-8+. The molecule has 2 aromatic heterocycles. The van der Waals surface area contributed by atoms with Crippen molar-refractivity contribution in [2.45, 2.75) is 6.92 Å². The Morgan fingerprint density at radius 2 is 2.04 bits per heavy atom. The molecule has 0 aliphatic carbocycles. The number of aromatic nitrogens is 3. The fourth-order valence-corrected chi connectivity index (χ4v) is 2.14. The number of furan rings is 1. The van der Waals surface area contributed by atoms with E-state index in [1.54, 1.807) is 37.3 Å². The van der Waals surface area contributed by atoms with Gasteiger partial charge in [-0.1, -0.05) is 5.21 Å². The number of allylic oxidation sites excluding steroid dienone is 1. The van der Waals surface area contributed by atoms with Gasteiger partial charge in [0.2, 0.25) is 5.78 Å². The Morgan fingerprint density at radius 1 is 1.29 bits per heavy atom. The van der Waals surface area contributed by atoms with E-state index in [1.807, 2.05) is 0 Å². The smallest absolute Gasteiger partial charge is 0.269 e. The summed E-state index contributed by atoms with van der Waals surface area (Å²) < 4.78 is 6.58. The highest BCUT2D eigenvalue weighted by molar-refractivity contribution is 6.06. The third kappa shape index (κ3) is 2.98. The van der Waals surface area contributed by atoms with E-state index >= 15 is 0 Å². The maximum atomic E-state index is 12.2. The van der Waals surface area contributed by atoms with Crippen LogP contribution >= 0.6 is 0 Å². The van der Waals surface area contributed by atoms with E-state index in [2.05, 4.69) is 10.3 Å². The first-order valence-corrected chi connectivity index (χ1v) is 6.99. The minimum atomic E-state index is -0.480. The summed E-state index contributed by atoms with van der Waals surface area (Å²) in [6.07, 6.45) is 4.42. The molecule has 8 heteroatoms. The zero-order valence-corrected chi connectivity index (χ0v) is 12.6. The molecule has 120 valence electrons. The zero-order chi connectivity index (χ0) is 17.1. The van der Waals surface area contributed by atoms with E-state index < -0.39 is 4.92 Å². The molecular formula is C16H12N4O4. The molecule has 0 atom stereocenters. The number of nitro benzene ring substituents is 1. The molecule has 0 aliphatic rings. The summed E-state index contributed by atoms with van der Waals surface area (Å²) in [5.74, 6) is 0.251. The quantitative estimate of drug-likeness (QED) is 0.309. The van der Waals surface area contributed by atoms with Gasteiger partial charge in [-0.15, -0.1) is 5.10 Å². The minimum absolute atomic E-state index is 0.0193. The first-order chi connectivity index (χ1) is 11.6. The molecule has 0 radical (unpaired) electrons. The van der Waals surface area contributed by atoms with E-state index in [9.17, 15) is 14.9 Å². The van der Waals surface area contributed by atoms with Crippen molar-refractivity contribution in [2.75, 3.05) is 0 Å². The second kappa shape index (κ2) is 6.29. The first-order valence-electron chi connectivity index (χ1n) is 6.99. The van der Waals surface area contributed by atoms with Crippen LogP contribution in [-0.4, -0.2) is 25.7 Å². The van der Waals surface area contributed by atoms with Crippen molar-refractivity contribution < 1.29 is 14.1 Å². The Morgan fingerprint density at radius 3 is 2.67 bits per heavy atom. The Balaban J connectivity index is 1.85. The lowest BCUT2D eigenvalue weighted by molar-refractivity contribution is -0.384. The summed E-state index contributed by atoms with van der Waals surface area (Å²) in [6, 6.07) is 9.29. The predicted molar refractivity (Wildman–Crippen MR) is 84.8 cm³/mol. The number of hydrogen-bond donors (Lipinski definition) is 0. The molecule has 24 heavy (non-hydrogen) atoms. The minimum Gasteiger partial charge on any atom is -0.465 e. The van der Waals surface area contributed by atoms with Gasteiger partial charge in [-0.05, 0) is 43.3 Å². The fraction of sp³-hybridized carbons (Fsp3) is 0.0625. The second-order valence-corrected chi connectivity index (χ2v) is 4.92. The van der Waals surface area contributed by atoms with Crippen LogP contribution in [0, 0.1) is 17.0 Å². The molecular weight excluding hydrogens is 312 g/mol. The van der Waals surface area contributed by atoms with Gasteiger partial charge in [-0.3, -0.25) is 14.9 Å². The Bertz CT molecular complexity index is 908. The van der Waals surface area contributed by atoms with E-state index in [0.29, 0.717) is 17.1 Å². The summed E-state index contributed by atoms with van der Waals surface area (Å²) in [7, 11) is 0. The maximum Gasteiger partial charge on any atom is 0.269 e. The van der Waals surface area contributed by atoms with Crippen LogP contribution in [0.2, 0.25) is 0 Å². The highest BCUT2D eigenvalue weighted by atomic mass is 16.6. The van der Waals surface area contributed by atoms with Gasteiger partial charge < -0.3 is 4.42 Å². The van der Waals surface area contributed by atoms with Crippen LogP contribution in [0.15, 0.2) is 53.2 Å². The molecule has 0 unspecified atom stereocenters. The van der Waals surface area contributed by atoms with Crippen molar-refractivity contribution in [3.8, 4) is 5.69 Å². The molecule has 0 aliphatic heterocycles. The van der Waals surface area contributed by atoms with E-state index in [-0.39, 0.29) is 17.2 Å². The molecule has 1 aromatic carbocycles. The highest BCUT2D eigenvalue weighted by Crippen LogP contribution is 2.17. The van der Waals surface area contributed by atoms with Crippen molar-refractivity contribution in [1.82, 2.24) is 15.0 Å². The third-order valence-corrected chi connectivity index (χ3v) is 3.38. The van der Waals surface area contributed by atoms with Gasteiger partial charge in [-0.25, -0.2) is 4.68 Å². The van der Waals surface area contributed by atoms with Crippen LogP contribution in [0.3, 0.4) is 0 Å². The van der Waals surface area contributed by atoms with E-state index in [4.69, 9.17) is 4.42 Å². The molecule has 2 heterocycles. The lowest BCUT2D eigenvalue weighted by Crippen LogP contribution is -2.02. The number of benzene rings is 1. The Hall–Kier alpha value is -3.55. The average Bonchev–Trinajstić information content (AvgIpc) is 3.22. The van der Waals surface area contributed by atoms with Crippen LogP contribution in [0.25, 0.3) is 11.8 Å². The van der Waals surface area contributed by atoms with Gasteiger partial charge in [0, 0.05) is 12.1 Å². The van der Waals surface area contributed by atoms with Gasteiger partial charge in [-0.2, -0.15) is 0 Å². The Kier molecular flexibility index (Phi) is 4.02. The molecule has 3 rings (SSSR count). The normalized spacial score (nSPS) is 11.0. The lowest BCUT2D eigenvalue weighted by Gasteiger charge is -2.02. The molecule has 0 spiro atoms. The number of ketones is 1. The number of carbonyl (C=O) groups excluding carboxylic acids is 1. The largest absolute Gasteiger partial charge is 0.465 e. The molecule has 0 saturated heterocycles. The van der Waals surface area contributed by atoms with Crippen LogP contribution < -0.4 is 0 Å². The van der Waals surface area contributed by atoms with E-state index in [0.717, 1.165) is 0 Å². The van der Waals surface area contributed by atoms with Crippen molar-refractivity contribution in [3.05, 3.63) is 76.0 Å². The molecule has 3 aromatic rings. The third-order valence-electron chi connectivity index (χ3n) is 3.38. The SMILES string of the molecule is Cc1c(C(=O)/C=C/c2ccco2)nnn1-c1ccc([N+](=O)[O-])cc1. The Labute approximate surface area is 136 Å². The van der Waals surface area contributed by atoms with Crippen molar-refractivity contribution in [1.29, 1.82) is 0 Å². The number of nitro groups is 1. The second-order valence-electron chi connectivity index (χ2n) is 4.92. The highest BCUT2D eigenvalue weighted by Gasteiger charge is 2.16. The number of nitrogens with zero attached hydrogens (tertiary/aromatic N) is 4. The monoisotopic (exact) mass is 324 g/mol. The molecule has 0 bridgehead atoms. The molecule has 0 saturated carbocycles. The molecule has 0 fully saturated rings. The number of carbonyl (C=O) groups is 1. The number of non-ortho nitro benzene ring substituents is 1. The maximum absolute atomic E-state index is 12.2. The molecule has 8 nitrogen and oxygen atoms in total. The summed E-state index contributed by atoms with van der Waals surface area (Å²) in [6.45, 7) is 1.70. The van der Waals surface area contributed by atoms with Gasteiger partial charge in [0.25, 0.3) is 5.69 Å². The van der Waals surface area contributed by atoms with Gasteiger partial charge in [0.1, 0.15) is 5.76 Å². The summed E-state index contributed by atoms with van der Waals surface area (Å²) in [4.78, 5) is 22.4. The predicted octanol–water partition coefficient (Wildman–Crippen LogP) is 2.97. The first kappa shape index (κ1) is 15.3. The average molecular weight is 324 g/mol. The van der Waals surface area contributed by atoms with Crippen LogP contribution in [0.5, 0.6) is 0 Å². The van der Waals surface area contributed by atoms with Crippen molar-refractivity contribution in [2.24, 2.45) is 0 Å². The summed E-state index contributed by atoms with van der Waals surface area (Å²) in [5, 5.41) is 18.5. The topological polar surface area (TPSA) is 104 Å². The van der Waals surface area contributed by atoms with Crippen LogP contribution in [0.1, 0.15) is 21.9 Å². The number of rotatable bonds is 5. The zero-order valence-electron chi connectivity index (χ0n) is 12.6. The van der Waals surface area contributed by atoms with Crippen LogP contribution in [-0.2, 0) is 0 Å². The number of hydrogen-bond acceptors (Lipinski definition) is 6. The lowest BCUT2D eigenvalue weighted by atomic mass is 10.2. The van der Waals surface area contributed by atoms with Crippen molar-refractivity contribution >= 4 is 17.5 Å².